The summed E-state index contributed by atoms with van der Waals surface area (Å²) in [7, 11) is 0. The summed E-state index contributed by atoms with van der Waals surface area (Å²) < 4.78 is 10.6. The van der Waals surface area contributed by atoms with Crippen molar-refractivity contribution in [1.82, 2.24) is 10.6 Å². The molecule has 0 spiro atoms. The zero-order valence-corrected chi connectivity index (χ0v) is 23.5. The Morgan fingerprint density at radius 3 is 1.38 bits per heavy atom. The van der Waals surface area contributed by atoms with Crippen LogP contribution in [0.2, 0.25) is 0 Å². The second-order valence-electron chi connectivity index (χ2n) is 11.0. The first-order valence-electron chi connectivity index (χ1n) is 15.0. The van der Waals surface area contributed by atoms with Gasteiger partial charge >= 0.3 is 12.2 Å². The number of nitrogens with zero attached hydrogens (tertiary/aromatic N) is 6. The Bertz CT molecular complexity index is 721. The van der Waals surface area contributed by atoms with Gasteiger partial charge in [-0.3, -0.25) is 0 Å². The van der Waals surface area contributed by atoms with E-state index in [2.05, 4.69) is 30.7 Å². The van der Waals surface area contributed by atoms with Gasteiger partial charge in [-0.1, -0.05) is 35.9 Å². The first kappa shape index (κ1) is 32.4. The van der Waals surface area contributed by atoms with Gasteiger partial charge in [0.15, 0.2) is 0 Å². The molecule has 0 unspecified atom stereocenters. The number of azide groups is 2. The van der Waals surface area contributed by atoms with Crippen molar-refractivity contribution in [1.29, 1.82) is 0 Å². The van der Waals surface area contributed by atoms with Crippen LogP contribution < -0.4 is 10.6 Å². The minimum atomic E-state index is -0.306. The SMILES string of the molecule is [N-]=[N+]=NCCCCCCOC(=O)NC1CCC(CC2CCC(NC(=O)OCCCCCCN=[N+]=[N-])CC2)CC1. The summed E-state index contributed by atoms with van der Waals surface area (Å²) in [6, 6.07) is 0.419. The third kappa shape index (κ3) is 16.0. The number of nitrogens with one attached hydrogen (secondary N) is 2. The number of hydrogen-bond acceptors (Lipinski definition) is 6. The molecule has 2 N–H and O–H groups in total. The minimum Gasteiger partial charge on any atom is -0.450 e. The maximum atomic E-state index is 12.1. The van der Waals surface area contributed by atoms with E-state index in [9.17, 15) is 9.59 Å². The van der Waals surface area contributed by atoms with E-state index in [1.165, 1.54) is 6.42 Å². The highest BCUT2D eigenvalue weighted by Crippen LogP contribution is 2.35. The fourth-order valence-corrected chi connectivity index (χ4v) is 5.67. The molecule has 0 radical (unpaired) electrons. The van der Waals surface area contributed by atoms with Gasteiger partial charge in [0.25, 0.3) is 0 Å². The molecule has 12 heteroatoms. The summed E-state index contributed by atoms with van der Waals surface area (Å²) >= 11 is 0. The Kier molecular flexibility index (Phi) is 17.5. The number of amides is 2. The van der Waals surface area contributed by atoms with E-state index in [1.807, 2.05) is 0 Å². The highest BCUT2D eigenvalue weighted by molar-refractivity contribution is 5.67. The number of unbranched alkanes of at least 4 members (excludes halogenated alkanes) is 6. The highest BCUT2D eigenvalue weighted by Gasteiger charge is 2.28. The van der Waals surface area contributed by atoms with Crippen LogP contribution in [0, 0.1) is 11.8 Å². The maximum Gasteiger partial charge on any atom is 0.407 e. The second-order valence-corrected chi connectivity index (χ2v) is 11.0. The summed E-state index contributed by atoms with van der Waals surface area (Å²) in [5, 5.41) is 13.1. The highest BCUT2D eigenvalue weighted by atomic mass is 16.6. The largest absolute Gasteiger partial charge is 0.450 e. The number of ether oxygens (including phenoxy) is 2. The molecule has 0 bridgehead atoms. The quantitative estimate of drug-likeness (QED) is 0.0773. The summed E-state index contributed by atoms with van der Waals surface area (Å²) in [5.74, 6) is 1.44. The zero-order chi connectivity index (χ0) is 28.0. The molecule has 2 fully saturated rings. The second kappa shape index (κ2) is 21.0. The molecule has 2 aliphatic rings. The number of rotatable bonds is 18. The van der Waals surface area contributed by atoms with Crippen molar-refractivity contribution in [2.75, 3.05) is 26.3 Å². The topological polar surface area (TPSA) is 174 Å². The lowest BCUT2D eigenvalue weighted by Gasteiger charge is -2.34. The molecule has 2 saturated carbocycles. The smallest absolute Gasteiger partial charge is 0.407 e. The van der Waals surface area contributed by atoms with Crippen LogP contribution in [0.1, 0.15) is 109 Å². The lowest BCUT2D eigenvalue weighted by Crippen LogP contribution is -2.39. The third-order valence-electron chi connectivity index (χ3n) is 7.90. The normalized spacial score (nSPS) is 22.6. The van der Waals surface area contributed by atoms with E-state index in [-0.39, 0.29) is 24.3 Å². The van der Waals surface area contributed by atoms with Gasteiger partial charge < -0.3 is 20.1 Å². The standard InChI is InChI=1S/C27H48N8O4/c28-34-30-17-5-1-3-7-19-38-26(36)32-24-13-9-22(10-14-24)21-23-11-15-25(16-12-23)33-27(37)39-20-8-4-2-6-18-31-35-29/h22-25H,1-21H2,(H,32,36)(H,33,37). The van der Waals surface area contributed by atoms with Crippen molar-refractivity contribution in [2.45, 2.75) is 121 Å². The summed E-state index contributed by atoms with van der Waals surface area (Å²) in [4.78, 5) is 29.6. The lowest BCUT2D eigenvalue weighted by atomic mass is 9.76. The van der Waals surface area contributed by atoms with E-state index >= 15 is 0 Å². The average Bonchev–Trinajstić information content (AvgIpc) is 2.94. The Morgan fingerprint density at radius 2 is 1.00 bits per heavy atom. The fraction of sp³-hybridized carbons (Fsp3) is 0.926. The lowest BCUT2D eigenvalue weighted by molar-refractivity contribution is 0.131. The Hall–Kier alpha value is -2.84. The summed E-state index contributed by atoms with van der Waals surface area (Å²) in [6.07, 6.45) is 16.5. The van der Waals surface area contributed by atoms with Gasteiger partial charge in [-0.2, -0.15) is 0 Å². The number of alkyl carbamates (subject to hydrolysis) is 2. The van der Waals surface area contributed by atoms with Crippen LogP contribution in [0.5, 0.6) is 0 Å². The molecule has 0 heterocycles. The predicted octanol–water partition coefficient (Wildman–Crippen LogP) is 7.69. The zero-order valence-electron chi connectivity index (χ0n) is 23.5. The Labute approximate surface area is 232 Å². The Morgan fingerprint density at radius 1 is 0.615 bits per heavy atom. The van der Waals surface area contributed by atoms with Gasteiger partial charge in [-0.05, 0) is 106 Å². The summed E-state index contributed by atoms with van der Waals surface area (Å²) in [6.45, 7) is 1.92. The van der Waals surface area contributed by atoms with Crippen LogP contribution in [0.25, 0.3) is 20.9 Å². The van der Waals surface area contributed by atoms with E-state index < -0.39 is 0 Å². The van der Waals surface area contributed by atoms with Gasteiger partial charge in [-0.25, -0.2) is 9.59 Å². The molecule has 0 aromatic rings. The van der Waals surface area contributed by atoms with Crippen LogP contribution in [0.3, 0.4) is 0 Å². The summed E-state index contributed by atoms with van der Waals surface area (Å²) in [5.41, 5.74) is 16.5. The van der Waals surface area contributed by atoms with E-state index in [4.69, 9.17) is 20.5 Å². The van der Waals surface area contributed by atoms with E-state index in [0.717, 1.165) is 115 Å². The average molecular weight is 549 g/mol. The molecule has 2 aliphatic carbocycles. The molecule has 39 heavy (non-hydrogen) atoms. The Balaban J connectivity index is 1.45. The molecule has 2 rings (SSSR count). The molecule has 0 atom stereocenters. The molecule has 2 amide bonds. The molecule has 0 aromatic carbocycles. The van der Waals surface area contributed by atoms with Crippen molar-refractivity contribution in [2.24, 2.45) is 22.1 Å². The van der Waals surface area contributed by atoms with Crippen molar-refractivity contribution >= 4 is 12.2 Å². The molecular formula is C27H48N8O4. The van der Waals surface area contributed by atoms with Crippen LogP contribution in [-0.2, 0) is 9.47 Å². The van der Waals surface area contributed by atoms with Crippen molar-refractivity contribution in [3.8, 4) is 0 Å². The van der Waals surface area contributed by atoms with Crippen molar-refractivity contribution < 1.29 is 19.1 Å². The van der Waals surface area contributed by atoms with Gasteiger partial charge in [0, 0.05) is 35.0 Å². The van der Waals surface area contributed by atoms with Gasteiger partial charge in [-0.15, -0.1) is 0 Å². The maximum absolute atomic E-state index is 12.1. The molecular weight excluding hydrogens is 500 g/mol. The molecule has 220 valence electrons. The minimum absolute atomic E-state index is 0.210. The van der Waals surface area contributed by atoms with Gasteiger partial charge in [0.2, 0.25) is 0 Å². The first-order valence-corrected chi connectivity index (χ1v) is 15.0. The molecule has 12 nitrogen and oxygen atoms in total. The fourth-order valence-electron chi connectivity index (χ4n) is 5.67. The van der Waals surface area contributed by atoms with Crippen molar-refractivity contribution in [3.63, 3.8) is 0 Å². The van der Waals surface area contributed by atoms with Crippen LogP contribution in [0.15, 0.2) is 10.2 Å². The predicted molar refractivity (Wildman–Crippen MR) is 150 cm³/mol. The van der Waals surface area contributed by atoms with Gasteiger partial charge in [0.1, 0.15) is 0 Å². The monoisotopic (exact) mass is 548 g/mol. The van der Waals surface area contributed by atoms with Crippen LogP contribution in [-0.4, -0.2) is 50.6 Å². The van der Waals surface area contributed by atoms with Crippen LogP contribution >= 0.6 is 0 Å². The molecule has 0 aliphatic heterocycles. The number of carbonyl (C=O) groups excluding carboxylic acids is 2. The van der Waals surface area contributed by atoms with E-state index in [1.54, 1.807) is 0 Å². The third-order valence-corrected chi connectivity index (χ3v) is 7.90. The molecule has 0 aromatic heterocycles. The molecule has 0 saturated heterocycles. The number of hydrogen-bond donors (Lipinski definition) is 2. The first-order chi connectivity index (χ1) is 19.1. The van der Waals surface area contributed by atoms with E-state index in [0.29, 0.717) is 26.3 Å². The van der Waals surface area contributed by atoms with Crippen molar-refractivity contribution in [3.05, 3.63) is 20.9 Å². The number of carbonyl (C=O) groups is 2. The van der Waals surface area contributed by atoms with Gasteiger partial charge in [0.05, 0.1) is 13.2 Å². The van der Waals surface area contributed by atoms with Crippen LogP contribution in [0.4, 0.5) is 9.59 Å².